The van der Waals surface area contributed by atoms with Gasteiger partial charge in [-0.1, -0.05) is 5.21 Å². The smallest absolute Gasteiger partial charge is 0.303 e. The number of hydrogen-bond donors (Lipinski definition) is 1. The molecule has 1 aromatic carbocycles. The Kier molecular flexibility index (Phi) is 3.79. The van der Waals surface area contributed by atoms with Crippen LogP contribution in [0.3, 0.4) is 0 Å². The lowest BCUT2D eigenvalue weighted by Gasteiger charge is -2.12. The monoisotopic (exact) mass is 260 g/mol. The van der Waals surface area contributed by atoms with E-state index in [9.17, 15) is 4.79 Å². The minimum atomic E-state index is -0.829. The van der Waals surface area contributed by atoms with Crippen LogP contribution in [0, 0.1) is 0 Å². The molecule has 0 aliphatic carbocycles. The molecule has 0 atom stereocenters. The van der Waals surface area contributed by atoms with Gasteiger partial charge in [-0.05, 0) is 24.3 Å². The lowest BCUT2D eigenvalue weighted by atomic mass is 10.2. The Hall–Kier alpha value is -2.37. The third-order valence-corrected chi connectivity index (χ3v) is 2.77. The molecule has 19 heavy (non-hydrogen) atoms. The fourth-order valence-corrected chi connectivity index (χ4v) is 1.68. The van der Waals surface area contributed by atoms with Crippen molar-refractivity contribution in [3.8, 4) is 5.69 Å². The van der Waals surface area contributed by atoms with Gasteiger partial charge in [0.25, 0.3) is 0 Å². The number of aryl methyl sites for hydroxylation is 1. The molecule has 0 fully saturated rings. The molecule has 0 spiro atoms. The normalized spacial score (nSPS) is 10.4. The number of aliphatic carboxylic acids is 1. The van der Waals surface area contributed by atoms with Crippen molar-refractivity contribution in [1.29, 1.82) is 0 Å². The maximum atomic E-state index is 10.5. The van der Waals surface area contributed by atoms with E-state index in [1.165, 1.54) is 0 Å². The van der Waals surface area contributed by atoms with E-state index in [0.29, 0.717) is 12.1 Å². The number of carbonyl (C=O) groups is 1. The van der Waals surface area contributed by atoms with Gasteiger partial charge < -0.3 is 10.0 Å². The van der Waals surface area contributed by atoms with Gasteiger partial charge in [0.05, 0.1) is 24.0 Å². The number of nitrogens with zero attached hydrogens (tertiary/aromatic N) is 4. The van der Waals surface area contributed by atoms with Crippen molar-refractivity contribution in [3.63, 3.8) is 0 Å². The molecular formula is C13H16N4O2. The second-order valence-corrected chi connectivity index (χ2v) is 4.46. The summed E-state index contributed by atoms with van der Waals surface area (Å²) in [6, 6.07) is 7.89. The molecule has 0 saturated heterocycles. The number of anilines is 1. The van der Waals surface area contributed by atoms with Crippen LogP contribution in [-0.2, 0) is 11.2 Å². The van der Waals surface area contributed by atoms with Crippen LogP contribution in [0.25, 0.3) is 5.69 Å². The molecule has 1 N–H and O–H groups in total. The number of rotatable bonds is 5. The van der Waals surface area contributed by atoms with E-state index in [-0.39, 0.29) is 6.42 Å². The van der Waals surface area contributed by atoms with Crippen molar-refractivity contribution in [2.24, 2.45) is 0 Å². The van der Waals surface area contributed by atoms with Crippen molar-refractivity contribution >= 4 is 11.7 Å². The van der Waals surface area contributed by atoms with Gasteiger partial charge in [0.1, 0.15) is 0 Å². The summed E-state index contributed by atoms with van der Waals surface area (Å²) >= 11 is 0. The molecule has 0 amide bonds. The zero-order valence-corrected chi connectivity index (χ0v) is 10.9. The summed E-state index contributed by atoms with van der Waals surface area (Å²) < 4.78 is 1.65. The van der Waals surface area contributed by atoms with Gasteiger partial charge in [-0.25, -0.2) is 4.68 Å². The lowest BCUT2D eigenvalue weighted by molar-refractivity contribution is -0.136. The van der Waals surface area contributed by atoms with E-state index < -0.39 is 5.97 Å². The van der Waals surface area contributed by atoms with Crippen molar-refractivity contribution in [1.82, 2.24) is 15.0 Å². The van der Waals surface area contributed by atoms with Crippen LogP contribution in [0.1, 0.15) is 12.1 Å². The van der Waals surface area contributed by atoms with Crippen molar-refractivity contribution in [2.45, 2.75) is 12.8 Å². The van der Waals surface area contributed by atoms with E-state index in [2.05, 4.69) is 10.3 Å². The van der Waals surface area contributed by atoms with E-state index >= 15 is 0 Å². The second kappa shape index (κ2) is 5.51. The summed E-state index contributed by atoms with van der Waals surface area (Å²) in [7, 11) is 3.96. The molecule has 6 heteroatoms. The van der Waals surface area contributed by atoms with Gasteiger partial charge in [0, 0.05) is 26.2 Å². The Labute approximate surface area is 111 Å². The molecule has 0 bridgehead atoms. The molecule has 0 radical (unpaired) electrons. The van der Waals surface area contributed by atoms with Crippen LogP contribution in [0.4, 0.5) is 5.69 Å². The predicted molar refractivity (Wildman–Crippen MR) is 71.6 cm³/mol. The van der Waals surface area contributed by atoms with Crippen LogP contribution < -0.4 is 4.90 Å². The maximum Gasteiger partial charge on any atom is 0.303 e. The minimum absolute atomic E-state index is 0.0677. The van der Waals surface area contributed by atoms with Crippen LogP contribution in [0.5, 0.6) is 0 Å². The summed E-state index contributed by atoms with van der Waals surface area (Å²) in [5, 5.41) is 16.6. The third-order valence-electron chi connectivity index (χ3n) is 2.77. The number of carboxylic acids is 1. The molecule has 0 saturated carbocycles. The standard InChI is InChI=1S/C13H16N4O2/c1-16(2)11-4-6-12(7-5-11)17-9-10(14-15-17)3-8-13(18)19/h4-7,9H,3,8H2,1-2H3,(H,18,19). The Morgan fingerprint density at radius 3 is 2.58 bits per heavy atom. The predicted octanol–water partition coefficient (Wildman–Crippen LogP) is 1.35. The molecule has 6 nitrogen and oxygen atoms in total. The third kappa shape index (κ3) is 3.31. The van der Waals surface area contributed by atoms with E-state index in [4.69, 9.17) is 5.11 Å². The number of benzene rings is 1. The highest BCUT2D eigenvalue weighted by Crippen LogP contribution is 2.15. The highest BCUT2D eigenvalue weighted by molar-refractivity contribution is 5.66. The van der Waals surface area contributed by atoms with E-state index in [0.717, 1.165) is 11.4 Å². The average Bonchev–Trinajstić information content (AvgIpc) is 2.85. The van der Waals surface area contributed by atoms with Gasteiger partial charge in [-0.15, -0.1) is 5.10 Å². The van der Waals surface area contributed by atoms with Crippen LogP contribution >= 0.6 is 0 Å². The highest BCUT2D eigenvalue weighted by atomic mass is 16.4. The van der Waals surface area contributed by atoms with E-state index in [1.54, 1.807) is 10.9 Å². The average molecular weight is 260 g/mol. The molecule has 1 aromatic heterocycles. The molecular weight excluding hydrogens is 244 g/mol. The molecule has 2 aromatic rings. The molecule has 0 aliphatic rings. The highest BCUT2D eigenvalue weighted by Gasteiger charge is 2.05. The van der Waals surface area contributed by atoms with Gasteiger partial charge in [-0.2, -0.15) is 0 Å². The van der Waals surface area contributed by atoms with Crippen LogP contribution in [0.2, 0.25) is 0 Å². The van der Waals surface area contributed by atoms with Gasteiger partial charge >= 0.3 is 5.97 Å². The van der Waals surface area contributed by atoms with Gasteiger partial charge in [-0.3, -0.25) is 4.79 Å². The first-order valence-corrected chi connectivity index (χ1v) is 5.97. The quantitative estimate of drug-likeness (QED) is 0.878. The Morgan fingerprint density at radius 2 is 2.00 bits per heavy atom. The van der Waals surface area contributed by atoms with Gasteiger partial charge in [0.2, 0.25) is 0 Å². The van der Waals surface area contributed by atoms with E-state index in [1.807, 2.05) is 43.3 Å². The molecule has 1 heterocycles. The summed E-state index contributed by atoms with van der Waals surface area (Å²) in [5.74, 6) is -0.829. The number of aromatic nitrogens is 3. The molecule has 0 aliphatic heterocycles. The first kappa shape index (κ1) is 13.1. The van der Waals surface area contributed by atoms with Crippen LogP contribution in [-0.4, -0.2) is 40.2 Å². The van der Waals surface area contributed by atoms with Crippen LogP contribution in [0.15, 0.2) is 30.5 Å². The second-order valence-electron chi connectivity index (χ2n) is 4.46. The molecule has 0 unspecified atom stereocenters. The zero-order valence-electron chi connectivity index (χ0n) is 10.9. The number of carboxylic acid groups (broad SMARTS) is 1. The fourth-order valence-electron chi connectivity index (χ4n) is 1.68. The summed E-state index contributed by atoms with van der Waals surface area (Å²) in [5.41, 5.74) is 2.69. The topological polar surface area (TPSA) is 71.2 Å². The summed E-state index contributed by atoms with van der Waals surface area (Å²) in [6.07, 6.45) is 2.22. The largest absolute Gasteiger partial charge is 0.481 e. The van der Waals surface area contributed by atoms with Crippen molar-refractivity contribution in [3.05, 3.63) is 36.2 Å². The molecule has 2 rings (SSSR count). The van der Waals surface area contributed by atoms with Crippen molar-refractivity contribution < 1.29 is 9.90 Å². The zero-order chi connectivity index (χ0) is 13.8. The summed E-state index contributed by atoms with van der Waals surface area (Å²) in [6.45, 7) is 0. The summed E-state index contributed by atoms with van der Waals surface area (Å²) in [4.78, 5) is 12.5. The fraction of sp³-hybridized carbons (Fsp3) is 0.308. The lowest BCUT2D eigenvalue weighted by Crippen LogP contribution is -2.08. The number of hydrogen-bond acceptors (Lipinski definition) is 4. The Morgan fingerprint density at radius 1 is 1.32 bits per heavy atom. The van der Waals surface area contributed by atoms with Crippen molar-refractivity contribution in [2.75, 3.05) is 19.0 Å². The maximum absolute atomic E-state index is 10.5. The van der Waals surface area contributed by atoms with Gasteiger partial charge in [0.15, 0.2) is 0 Å². The SMILES string of the molecule is CN(C)c1ccc(-n2cc(CCC(=O)O)nn2)cc1. The Bertz CT molecular complexity index is 560. The Balaban J connectivity index is 2.11. The minimum Gasteiger partial charge on any atom is -0.481 e. The first-order chi connectivity index (χ1) is 9.06. The first-order valence-electron chi connectivity index (χ1n) is 5.97. The molecule has 100 valence electrons.